The quantitative estimate of drug-likeness (QED) is 0.833. The topological polar surface area (TPSA) is 32.3 Å². The van der Waals surface area contributed by atoms with Crippen LogP contribution in [0.4, 0.5) is 0 Å². The third-order valence-corrected chi connectivity index (χ3v) is 4.85. The number of piperidine rings is 1. The van der Waals surface area contributed by atoms with Gasteiger partial charge in [0.1, 0.15) is 0 Å². The Balaban J connectivity index is 1.70. The van der Waals surface area contributed by atoms with Crippen molar-refractivity contribution in [1.29, 1.82) is 0 Å². The lowest BCUT2D eigenvalue weighted by Gasteiger charge is -2.42. The Bertz CT molecular complexity index is 271. The van der Waals surface area contributed by atoms with Crippen molar-refractivity contribution >= 4 is 5.91 Å². The van der Waals surface area contributed by atoms with Crippen LogP contribution in [-0.4, -0.2) is 36.0 Å². The maximum absolute atomic E-state index is 12.6. The predicted molar refractivity (Wildman–Crippen MR) is 72.3 cm³/mol. The molecule has 0 bridgehead atoms. The number of amides is 1. The molecule has 102 valence electrons. The van der Waals surface area contributed by atoms with Gasteiger partial charge in [0.2, 0.25) is 5.91 Å². The Hall–Kier alpha value is -0.570. The minimum atomic E-state index is 0.391. The largest absolute Gasteiger partial charge is 0.336 e. The second kappa shape index (κ2) is 5.60. The van der Waals surface area contributed by atoms with Crippen LogP contribution in [0.15, 0.2) is 0 Å². The summed E-state index contributed by atoms with van der Waals surface area (Å²) in [6, 6.07) is 1.09. The monoisotopic (exact) mass is 250 g/mol. The van der Waals surface area contributed by atoms with Crippen molar-refractivity contribution in [2.45, 2.75) is 69.9 Å². The average molecular weight is 250 g/mol. The third kappa shape index (κ3) is 2.71. The number of carbonyl (C=O) groups is 1. The molecule has 18 heavy (non-hydrogen) atoms. The van der Waals surface area contributed by atoms with E-state index in [0.717, 1.165) is 38.8 Å². The van der Waals surface area contributed by atoms with E-state index in [2.05, 4.69) is 10.2 Å². The van der Waals surface area contributed by atoms with Gasteiger partial charge in [-0.25, -0.2) is 0 Å². The van der Waals surface area contributed by atoms with Crippen molar-refractivity contribution in [2.75, 3.05) is 13.1 Å². The second-order valence-electron chi connectivity index (χ2n) is 6.29. The summed E-state index contributed by atoms with van der Waals surface area (Å²) in [6.45, 7) is 2.18. The molecule has 0 aromatic rings. The summed E-state index contributed by atoms with van der Waals surface area (Å²) < 4.78 is 0. The number of hydrogen-bond acceptors (Lipinski definition) is 2. The highest BCUT2D eigenvalue weighted by Gasteiger charge is 2.39. The van der Waals surface area contributed by atoms with Crippen LogP contribution in [0.5, 0.6) is 0 Å². The van der Waals surface area contributed by atoms with E-state index < -0.39 is 0 Å². The van der Waals surface area contributed by atoms with Gasteiger partial charge >= 0.3 is 0 Å². The summed E-state index contributed by atoms with van der Waals surface area (Å²) >= 11 is 0. The van der Waals surface area contributed by atoms with E-state index in [4.69, 9.17) is 0 Å². The molecule has 0 radical (unpaired) electrons. The molecule has 1 N–H and O–H groups in total. The molecule has 1 heterocycles. The zero-order chi connectivity index (χ0) is 12.4. The lowest BCUT2D eigenvalue weighted by molar-refractivity contribution is -0.139. The number of rotatable bonds is 3. The highest BCUT2D eigenvalue weighted by molar-refractivity contribution is 5.81. The SMILES string of the molecule is O=C(C1CC1)N(C1CCCCC1)C1CCNCC1. The fourth-order valence-electron chi connectivity index (χ4n) is 3.64. The van der Waals surface area contributed by atoms with Gasteiger partial charge in [-0.05, 0) is 51.6 Å². The Labute approximate surface area is 110 Å². The minimum Gasteiger partial charge on any atom is -0.336 e. The number of nitrogens with zero attached hydrogens (tertiary/aromatic N) is 1. The van der Waals surface area contributed by atoms with E-state index in [-0.39, 0.29) is 0 Å². The fourth-order valence-corrected chi connectivity index (χ4v) is 3.64. The summed E-state index contributed by atoms with van der Waals surface area (Å²) in [5, 5.41) is 3.42. The van der Waals surface area contributed by atoms with Crippen molar-refractivity contribution in [3.63, 3.8) is 0 Å². The molecule has 0 atom stereocenters. The Morgan fingerprint density at radius 2 is 1.44 bits per heavy atom. The van der Waals surface area contributed by atoms with Gasteiger partial charge < -0.3 is 10.2 Å². The minimum absolute atomic E-state index is 0.391. The average Bonchev–Trinajstić information content (AvgIpc) is 3.26. The van der Waals surface area contributed by atoms with Gasteiger partial charge in [0.05, 0.1) is 0 Å². The normalized spacial score (nSPS) is 27.1. The van der Waals surface area contributed by atoms with E-state index in [1.54, 1.807) is 0 Å². The molecule has 3 heteroatoms. The number of carbonyl (C=O) groups excluding carboxylic acids is 1. The van der Waals surface area contributed by atoms with Gasteiger partial charge in [0, 0.05) is 18.0 Å². The number of nitrogens with one attached hydrogen (secondary N) is 1. The highest BCUT2D eigenvalue weighted by atomic mass is 16.2. The Morgan fingerprint density at radius 3 is 2.06 bits per heavy atom. The predicted octanol–water partition coefficient (Wildman–Crippen LogP) is 2.31. The van der Waals surface area contributed by atoms with E-state index in [9.17, 15) is 4.79 Å². The molecule has 0 unspecified atom stereocenters. The molecule has 0 spiro atoms. The first kappa shape index (κ1) is 12.5. The van der Waals surface area contributed by atoms with Crippen LogP contribution >= 0.6 is 0 Å². The first-order chi connectivity index (χ1) is 8.86. The van der Waals surface area contributed by atoms with E-state index in [1.165, 1.54) is 32.1 Å². The van der Waals surface area contributed by atoms with Crippen molar-refractivity contribution in [2.24, 2.45) is 5.92 Å². The molecular weight excluding hydrogens is 224 g/mol. The molecule has 3 fully saturated rings. The summed E-state index contributed by atoms with van der Waals surface area (Å²) in [5.41, 5.74) is 0. The highest BCUT2D eigenvalue weighted by Crippen LogP contribution is 2.35. The van der Waals surface area contributed by atoms with Crippen LogP contribution in [0.1, 0.15) is 57.8 Å². The standard InChI is InChI=1S/C15H26N2O/c18-15(12-6-7-12)17(13-4-2-1-3-5-13)14-8-10-16-11-9-14/h12-14,16H,1-11H2. The van der Waals surface area contributed by atoms with Gasteiger partial charge in [0.25, 0.3) is 0 Å². The van der Waals surface area contributed by atoms with E-state index in [1.807, 2.05) is 0 Å². The molecule has 3 aliphatic rings. The summed E-state index contributed by atoms with van der Waals surface area (Å²) in [5.74, 6) is 0.885. The van der Waals surface area contributed by atoms with Crippen molar-refractivity contribution in [3.05, 3.63) is 0 Å². The fraction of sp³-hybridized carbons (Fsp3) is 0.933. The molecule has 1 aliphatic heterocycles. The lowest BCUT2D eigenvalue weighted by atomic mass is 9.91. The van der Waals surface area contributed by atoms with Gasteiger partial charge in [0.15, 0.2) is 0 Å². The van der Waals surface area contributed by atoms with Crippen LogP contribution in [0.2, 0.25) is 0 Å². The van der Waals surface area contributed by atoms with E-state index >= 15 is 0 Å². The Morgan fingerprint density at radius 1 is 0.833 bits per heavy atom. The maximum atomic E-state index is 12.6. The molecule has 2 saturated carbocycles. The van der Waals surface area contributed by atoms with Crippen LogP contribution in [0.25, 0.3) is 0 Å². The zero-order valence-electron chi connectivity index (χ0n) is 11.4. The van der Waals surface area contributed by atoms with Gasteiger partial charge in [-0.3, -0.25) is 4.79 Å². The van der Waals surface area contributed by atoms with Gasteiger partial charge in [-0.2, -0.15) is 0 Å². The summed E-state index contributed by atoms with van der Waals surface area (Å²) in [6.07, 6.45) is 11.1. The second-order valence-corrected chi connectivity index (χ2v) is 6.29. The van der Waals surface area contributed by atoms with Crippen molar-refractivity contribution in [3.8, 4) is 0 Å². The molecule has 0 aromatic heterocycles. The summed E-state index contributed by atoms with van der Waals surface area (Å²) in [7, 11) is 0. The van der Waals surface area contributed by atoms with Gasteiger partial charge in [-0.15, -0.1) is 0 Å². The molecule has 1 amide bonds. The van der Waals surface area contributed by atoms with Crippen LogP contribution in [0.3, 0.4) is 0 Å². The Kier molecular flexibility index (Phi) is 3.88. The smallest absolute Gasteiger partial charge is 0.226 e. The zero-order valence-corrected chi connectivity index (χ0v) is 11.4. The van der Waals surface area contributed by atoms with Crippen molar-refractivity contribution < 1.29 is 4.79 Å². The summed E-state index contributed by atoms with van der Waals surface area (Å²) in [4.78, 5) is 15.0. The molecule has 2 aliphatic carbocycles. The van der Waals surface area contributed by atoms with Gasteiger partial charge in [-0.1, -0.05) is 19.3 Å². The van der Waals surface area contributed by atoms with Crippen LogP contribution in [-0.2, 0) is 4.79 Å². The van der Waals surface area contributed by atoms with Crippen molar-refractivity contribution in [1.82, 2.24) is 10.2 Å². The number of hydrogen-bond donors (Lipinski definition) is 1. The lowest BCUT2D eigenvalue weighted by Crippen LogP contribution is -2.52. The molecular formula is C15H26N2O. The molecule has 0 aromatic carbocycles. The third-order valence-electron chi connectivity index (χ3n) is 4.85. The maximum Gasteiger partial charge on any atom is 0.226 e. The first-order valence-corrected chi connectivity index (χ1v) is 7.89. The van der Waals surface area contributed by atoms with E-state index in [0.29, 0.717) is 23.9 Å². The van der Waals surface area contributed by atoms with Crippen LogP contribution < -0.4 is 5.32 Å². The molecule has 1 saturated heterocycles. The molecule has 3 nitrogen and oxygen atoms in total. The first-order valence-electron chi connectivity index (χ1n) is 7.89. The van der Waals surface area contributed by atoms with Crippen LogP contribution in [0, 0.1) is 5.92 Å². The molecule has 3 rings (SSSR count).